The Bertz CT molecular complexity index is 663. The van der Waals surface area contributed by atoms with Crippen LogP contribution in [0.5, 0.6) is 0 Å². The number of amides is 1. The predicted molar refractivity (Wildman–Crippen MR) is 81.4 cm³/mol. The zero-order chi connectivity index (χ0) is 15.4. The minimum absolute atomic E-state index is 0.178. The van der Waals surface area contributed by atoms with Crippen LogP contribution in [-0.2, 0) is 4.74 Å². The lowest BCUT2D eigenvalue weighted by atomic mass is 10.2. The number of carbonyl (C=O) groups excluding carboxylic acids is 2. The van der Waals surface area contributed by atoms with Gasteiger partial charge in [-0.1, -0.05) is 6.07 Å². The number of carbonyl (C=O) groups is 2. The molecule has 0 unspecified atom stereocenters. The van der Waals surface area contributed by atoms with E-state index in [0.29, 0.717) is 15.9 Å². The third kappa shape index (κ3) is 4.19. The van der Waals surface area contributed by atoms with Gasteiger partial charge in [0.25, 0.3) is 5.91 Å². The van der Waals surface area contributed by atoms with Crippen LogP contribution >= 0.6 is 15.9 Å². The standard InChI is InChI=1S/C15H14BrNO4/c1-9(2)20-15(19)10-4-3-5-11(8-10)17-14(18)12-6-7-13(16)21-12/h3-9H,1-2H3,(H,17,18). The van der Waals surface area contributed by atoms with E-state index in [-0.39, 0.29) is 11.9 Å². The molecule has 0 aliphatic heterocycles. The number of nitrogens with one attached hydrogen (secondary N) is 1. The van der Waals surface area contributed by atoms with Gasteiger partial charge < -0.3 is 14.5 Å². The highest BCUT2D eigenvalue weighted by Crippen LogP contribution is 2.17. The van der Waals surface area contributed by atoms with Crippen molar-refractivity contribution in [2.24, 2.45) is 0 Å². The Morgan fingerprint density at radius 2 is 2.00 bits per heavy atom. The van der Waals surface area contributed by atoms with E-state index in [4.69, 9.17) is 9.15 Å². The van der Waals surface area contributed by atoms with E-state index in [1.807, 2.05) is 0 Å². The highest BCUT2D eigenvalue weighted by Gasteiger charge is 2.13. The normalized spacial score (nSPS) is 10.5. The van der Waals surface area contributed by atoms with Gasteiger partial charge in [0.1, 0.15) is 0 Å². The summed E-state index contributed by atoms with van der Waals surface area (Å²) in [5.74, 6) is -0.644. The van der Waals surface area contributed by atoms with Crippen molar-refractivity contribution in [3.05, 3.63) is 52.4 Å². The van der Waals surface area contributed by atoms with Crippen molar-refractivity contribution in [2.45, 2.75) is 20.0 Å². The number of furan rings is 1. The molecule has 21 heavy (non-hydrogen) atoms. The van der Waals surface area contributed by atoms with E-state index < -0.39 is 11.9 Å². The molecule has 0 saturated carbocycles. The molecule has 0 aliphatic rings. The summed E-state index contributed by atoms with van der Waals surface area (Å²) in [6.07, 6.45) is -0.198. The van der Waals surface area contributed by atoms with Crippen LogP contribution in [0, 0.1) is 0 Å². The first kappa shape index (κ1) is 15.3. The number of anilines is 1. The first-order valence-electron chi connectivity index (χ1n) is 6.33. The van der Waals surface area contributed by atoms with Crippen LogP contribution in [0.2, 0.25) is 0 Å². The second kappa shape index (κ2) is 6.58. The Morgan fingerprint density at radius 1 is 1.24 bits per heavy atom. The molecule has 6 heteroatoms. The summed E-state index contributed by atoms with van der Waals surface area (Å²) < 4.78 is 10.7. The lowest BCUT2D eigenvalue weighted by molar-refractivity contribution is 0.0378. The van der Waals surface area contributed by atoms with Crippen LogP contribution in [0.4, 0.5) is 5.69 Å². The van der Waals surface area contributed by atoms with Gasteiger partial charge in [-0.05, 0) is 60.1 Å². The predicted octanol–water partition coefficient (Wildman–Crippen LogP) is 3.86. The third-order valence-corrected chi connectivity index (χ3v) is 2.92. The topological polar surface area (TPSA) is 68.5 Å². The van der Waals surface area contributed by atoms with E-state index in [1.54, 1.807) is 50.2 Å². The monoisotopic (exact) mass is 351 g/mol. The molecule has 0 aliphatic carbocycles. The minimum Gasteiger partial charge on any atom is -0.459 e. The molecule has 0 fully saturated rings. The fourth-order valence-corrected chi connectivity index (χ4v) is 1.94. The third-order valence-electron chi connectivity index (χ3n) is 2.50. The molecule has 1 N–H and O–H groups in total. The summed E-state index contributed by atoms with van der Waals surface area (Å²) in [7, 11) is 0. The van der Waals surface area contributed by atoms with E-state index in [2.05, 4.69) is 21.2 Å². The maximum atomic E-state index is 11.9. The van der Waals surface area contributed by atoms with Gasteiger partial charge in [-0.25, -0.2) is 4.79 Å². The van der Waals surface area contributed by atoms with Gasteiger partial charge >= 0.3 is 5.97 Å². The maximum Gasteiger partial charge on any atom is 0.338 e. The first-order chi connectivity index (χ1) is 9.95. The molecule has 0 atom stereocenters. The van der Waals surface area contributed by atoms with Crippen LogP contribution in [-0.4, -0.2) is 18.0 Å². The second-order valence-electron chi connectivity index (χ2n) is 4.59. The lowest BCUT2D eigenvalue weighted by Gasteiger charge is -2.09. The van der Waals surface area contributed by atoms with Crippen LogP contribution in [0.3, 0.4) is 0 Å². The van der Waals surface area contributed by atoms with Crippen molar-refractivity contribution < 1.29 is 18.7 Å². The van der Waals surface area contributed by atoms with Crippen molar-refractivity contribution in [3.8, 4) is 0 Å². The number of esters is 1. The molecule has 5 nitrogen and oxygen atoms in total. The molecule has 0 bridgehead atoms. The fourth-order valence-electron chi connectivity index (χ4n) is 1.64. The first-order valence-corrected chi connectivity index (χ1v) is 7.13. The smallest absolute Gasteiger partial charge is 0.338 e. The Hall–Kier alpha value is -2.08. The van der Waals surface area contributed by atoms with E-state index in [9.17, 15) is 9.59 Å². The van der Waals surface area contributed by atoms with Crippen LogP contribution in [0.1, 0.15) is 34.8 Å². The van der Waals surface area contributed by atoms with Gasteiger partial charge in [0.05, 0.1) is 11.7 Å². The van der Waals surface area contributed by atoms with Gasteiger partial charge in [-0.3, -0.25) is 4.79 Å². The number of ether oxygens (including phenoxy) is 1. The van der Waals surface area contributed by atoms with Gasteiger partial charge in [0.15, 0.2) is 10.4 Å². The fraction of sp³-hybridized carbons (Fsp3) is 0.200. The number of hydrogen-bond acceptors (Lipinski definition) is 4. The van der Waals surface area contributed by atoms with Gasteiger partial charge in [0.2, 0.25) is 0 Å². The number of benzene rings is 1. The Kier molecular flexibility index (Phi) is 4.80. The number of rotatable bonds is 4. The van der Waals surface area contributed by atoms with Crippen LogP contribution in [0.25, 0.3) is 0 Å². The molecule has 2 rings (SSSR count). The maximum absolute atomic E-state index is 11.9. The van der Waals surface area contributed by atoms with E-state index in [0.717, 1.165) is 0 Å². The average molecular weight is 352 g/mol. The van der Waals surface area contributed by atoms with Gasteiger partial charge in [0, 0.05) is 5.69 Å². The Morgan fingerprint density at radius 3 is 2.62 bits per heavy atom. The SMILES string of the molecule is CC(C)OC(=O)c1cccc(NC(=O)c2ccc(Br)o2)c1. The number of halogens is 1. The van der Waals surface area contributed by atoms with Crippen molar-refractivity contribution in [2.75, 3.05) is 5.32 Å². The Labute approximate surface area is 130 Å². The molecular weight excluding hydrogens is 338 g/mol. The van der Waals surface area contributed by atoms with Gasteiger partial charge in [-0.2, -0.15) is 0 Å². The zero-order valence-electron chi connectivity index (χ0n) is 11.6. The van der Waals surface area contributed by atoms with Crippen LogP contribution < -0.4 is 5.32 Å². The summed E-state index contributed by atoms with van der Waals surface area (Å²) in [4.78, 5) is 23.8. The summed E-state index contributed by atoms with van der Waals surface area (Å²) in [6.45, 7) is 3.55. The molecule has 1 heterocycles. The molecule has 1 aromatic heterocycles. The summed E-state index contributed by atoms with van der Waals surface area (Å²) in [6, 6.07) is 9.72. The van der Waals surface area contributed by atoms with Crippen molar-refractivity contribution >= 4 is 33.5 Å². The summed E-state index contributed by atoms with van der Waals surface area (Å²) >= 11 is 3.13. The van der Waals surface area contributed by atoms with E-state index in [1.165, 1.54) is 0 Å². The van der Waals surface area contributed by atoms with Crippen molar-refractivity contribution in [3.63, 3.8) is 0 Å². The van der Waals surface area contributed by atoms with Crippen molar-refractivity contribution in [1.82, 2.24) is 0 Å². The highest BCUT2D eigenvalue weighted by atomic mass is 79.9. The Balaban J connectivity index is 2.11. The van der Waals surface area contributed by atoms with Crippen LogP contribution in [0.15, 0.2) is 45.5 Å². The molecule has 1 amide bonds. The van der Waals surface area contributed by atoms with Crippen molar-refractivity contribution in [1.29, 1.82) is 0 Å². The molecule has 0 radical (unpaired) electrons. The minimum atomic E-state index is -0.429. The summed E-state index contributed by atoms with van der Waals surface area (Å²) in [5, 5.41) is 2.66. The molecule has 0 spiro atoms. The average Bonchev–Trinajstić information content (AvgIpc) is 2.85. The number of hydrogen-bond donors (Lipinski definition) is 1. The largest absolute Gasteiger partial charge is 0.459 e. The highest BCUT2D eigenvalue weighted by molar-refractivity contribution is 9.10. The molecule has 1 aromatic carbocycles. The molecule has 110 valence electrons. The second-order valence-corrected chi connectivity index (χ2v) is 5.37. The zero-order valence-corrected chi connectivity index (χ0v) is 13.1. The van der Waals surface area contributed by atoms with E-state index >= 15 is 0 Å². The molecular formula is C15H14BrNO4. The summed E-state index contributed by atoms with van der Waals surface area (Å²) in [5.41, 5.74) is 0.868. The lowest BCUT2D eigenvalue weighted by Crippen LogP contribution is -2.13. The quantitative estimate of drug-likeness (QED) is 0.849. The molecule has 2 aromatic rings. The molecule has 0 saturated heterocycles. The van der Waals surface area contributed by atoms with Gasteiger partial charge in [-0.15, -0.1) is 0 Å².